The maximum absolute atomic E-state index is 14.0. The van der Waals surface area contributed by atoms with Crippen molar-refractivity contribution in [2.24, 2.45) is 0 Å². The van der Waals surface area contributed by atoms with E-state index in [1.54, 1.807) is 19.1 Å². The highest BCUT2D eigenvalue weighted by Crippen LogP contribution is 2.27. The van der Waals surface area contributed by atoms with E-state index in [9.17, 15) is 23.2 Å². The molecule has 1 amide bonds. The maximum Gasteiger partial charge on any atom is 0.311 e. The van der Waals surface area contributed by atoms with E-state index in [0.717, 1.165) is 12.1 Å². The van der Waals surface area contributed by atoms with E-state index in [-0.39, 0.29) is 40.4 Å². The van der Waals surface area contributed by atoms with Crippen molar-refractivity contribution in [2.45, 2.75) is 20.0 Å². The zero-order valence-electron chi connectivity index (χ0n) is 18.6. The van der Waals surface area contributed by atoms with Crippen LogP contribution in [0.15, 0.2) is 51.7 Å². The van der Waals surface area contributed by atoms with Crippen LogP contribution in [0.4, 0.5) is 8.78 Å². The van der Waals surface area contributed by atoms with Crippen LogP contribution in [-0.2, 0) is 22.6 Å². The number of aromatic nitrogens is 1. The number of carbonyl (C=O) groups is 2. The Morgan fingerprint density at radius 2 is 1.85 bits per heavy atom. The van der Waals surface area contributed by atoms with E-state index in [1.807, 2.05) is 0 Å². The number of methoxy groups -OCH3 is 1. The number of rotatable bonds is 7. The molecule has 0 saturated carbocycles. The summed E-state index contributed by atoms with van der Waals surface area (Å²) < 4.78 is 38.9. The van der Waals surface area contributed by atoms with Gasteiger partial charge in [0.05, 0.1) is 19.2 Å². The lowest BCUT2D eigenvalue weighted by Crippen LogP contribution is -2.26. The number of carbonyl (C=O) groups excluding carboxylic acids is 2. The number of benzene rings is 2. The highest BCUT2D eigenvalue weighted by atomic mass is 79.9. The molecule has 3 aromatic rings. The minimum absolute atomic E-state index is 0.0216. The number of hydrogen-bond donors (Lipinski definition) is 1. The Balaban J connectivity index is 2.12. The minimum atomic E-state index is -0.791. The summed E-state index contributed by atoms with van der Waals surface area (Å²) in [6.45, 7) is 1.48. The molecule has 1 heterocycles. The fourth-order valence-electron chi connectivity index (χ4n) is 3.26. The lowest BCUT2D eigenvalue weighted by atomic mass is 10.1. The number of aryl methyl sites for hydroxylation is 1. The van der Waals surface area contributed by atoms with Crippen molar-refractivity contribution in [3.8, 4) is 11.4 Å². The molecule has 0 bridgehead atoms. The van der Waals surface area contributed by atoms with E-state index in [2.05, 4.69) is 21.2 Å². The van der Waals surface area contributed by atoms with Crippen LogP contribution in [-0.4, -0.2) is 30.6 Å². The smallest absolute Gasteiger partial charge is 0.311 e. The lowest BCUT2D eigenvalue weighted by Gasteiger charge is -2.18. The highest BCUT2D eigenvalue weighted by Gasteiger charge is 2.20. The molecule has 1 N–H and O–H groups in total. The average Bonchev–Trinajstić information content (AvgIpc) is 2.81. The molecule has 10 heteroatoms. The van der Waals surface area contributed by atoms with Gasteiger partial charge in [0.1, 0.15) is 28.5 Å². The second-order valence-electron chi connectivity index (χ2n) is 7.31. The zero-order valence-corrected chi connectivity index (χ0v) is 20.2. The van der Waals surface area contributed by atoms with Crippen molar-refractivity contribution < 1.29 is 27.8 Å². The molecule has 34 heavy (non-hydrogen) atoms. The number of ether oxygens (including phenoxy) is 2. The molecule has 178 valence electrons. The largest absolute Gasteiger partial charge is 0.487 e. The monoisotopic (exact) mass is 534 g/mol. The summed E-state index contributed by atoms with van der Waals surface area (Å²) in [6, 6.07) is 9.36. The lowest BCUT2D eigenvalue weighted by molar-refractivity contribution is -0.139. The highest BCUT2D eigenvalue weighted by molar-refractivity contribution is 9.10. The number of hydrogen-bond acceptors (Lipinski definition) is 5. The maximum atomic E-state index is 14.0. The molecular weight excluding hydrogens is 514 g/mol. The normalized spacial score (nSPS) is 10.6. The Hall–Kier alpha value is -3.53. The van der Waals surface area contributed by atoms with Crippen molar-refractivity contribution >= 4 is 27.8 Å². The van der Waals surface area contributed by atoms with Gasteiger partial charge in [0.2, 0.25) is 0 Å². The number of nitrogens with one attached hydrogen (secondary N) is 1. The molecule has 0 radical (unpaired) electrons. The molecule has 0 aliphatic heterocycles. The fraction of sp³-hybridized carbons (Fsp3) is 0.208. The molecule has 3 rings (SSSR count). The van der Waals surface area contributed by atoms with Crippen molar-refractivity contribution in [1.82, 2.24) is 9.88 Å². The molecule has 0 saturated heterocycles. The van der Waals surface area contributed by atoms with Gasteiger partial charge >= 0.3 is 5.97 Å². The van der Waals surface area contributed by atoms with Crippen LogP contribution in [0.25, 0.3) is 5.69 Å². The first-order valence-corrected chi connectivity index (χ1v) is 10.9. The topological polar surface area (TPSA) is 86.6 Å². The van der Waals surface area contributed by atoms with Crippen LogP contribution in [0.5, 0.6) is 5.75 Å². The van der Waals surface area contributed by atoms with Gasteiger partial charge < -0.3 is 14.8 Å². The first kappa shape index (κ1) is 25.1. The van der Waals surface area contributed by atoms with Crippen LogP contribution in [0.2, 0.25) is 0 Å². The van der Waals surface area contributed by atoms with E-state index in [1.165, 1.54) is 36.9 Å². The third kappa shape index (κ3) is 5.33. The fourth-order valence-corrected chi connectivity index (χ4v) is 3.67. The summed E-state index contributed by atoms with van der Waals surface area (Å²) in [5.41, 5.74) is 1.14. The summed E-state index contributed by atoms with van der Waals surface area (Å²) in [4.78, 5) is 37.6. The van der Waals surface area contributed by atoms with Crippen LogP contribution < -0.4 is 15.6 Å². The number of amides is 1. The number of pyridine rings is 1. The van der Waals surface area contributed by atoms with Gasteiger partial charge in [-0.1, -0.05) is 6.07 Å². The van der Waals surface area contributed by atoms with E-state index in [4.69, 9.17) is 9.47 Å². The first-order valence-electron chi connectivity index (χ1n) is 10.1. The molecule has 2 aromatic carbocycles. The van der Waals surface area contributed by atoms with Gasteiger partial charge in [0, 0.05) is 36.0 Å². The van der Waals surface area contributed by atoms with Crippen LogP contribution in [0.1, 0.15) is 27.2 Å². The molecule has 7 nitrogen and oxygen atoms in total. The van der Waals surface area contributed by atoms with Crippen LogP contribution >= 0.6 is 15.9 Å². The molecule has 0 atom stereocenters. The standard InChI is InChI=1S/C24H21BrF2N2O5/c1-13-4-5-14(23(31)28-2)8-19(13)29-17(11-21(30)33-3)10-20(22(25)24(29)32)34-12-15-6-7-16(26)9-18(15)27/h4-10H,11-12H2,1-3H3,(H,28,31). The third-order valence-corrected chi connectivity index (χ3v) is 5.81. The number of esters is 1. The molecular formula is C24H21BrF2N2O5. The summed E-state index contributed by atoms with van der Waals surface area (Å²) in [5, 5.41) is 2.53. The molecule has 1 aromatic heterocycles. The number of halogens is 3. The van der Waals surface area contributed by atoms with Crippen molar-refractivity contribution in [2.75, 3.05) is 14.2 Å². The van der Waals surface area contributed by atoms with Crippen LogP contribution in [0.3, 0.4) is 0 Å². The molecule has 0 unspecified atom stereocenters. The van der Waals surface area contributed by atoms with Gasteiger partial charge in [-0.25, -0.2) is 8.78 Å². The van der Waals surface area contributed by atoms with Crippen molar-refractivity contribution in [3.05, 3.63) is 91.3 Å². The molecule has 0 aliphatic carbocycles. The van der Waals surface area contributed by atoms with Crippen LogP contribution in [0, 0.1) is 18.6 Å². The minimum Gasteiger partial charge on any atom is -0.487 e. The molecule has 0 fully saturated rings. The summed E-state index contributed by atoms with van der Waals surface area (Å²) in [5.74, 6) is -2.40. The Kier molecular flexibility index (Phi) is 7.83. The quantitative estimate of drug-likeness (QED) is 0.465. The summed E-state index contributed by atoms with van der Waals surface area (Å²) in [6.07, 6.45) is -0.274. The van der Waals surface area contributed by atoms with Gasteiger partial charge in [-0.3, -0.25) is 19.0 Å². The van der Waals surface area contributed by atoms with Crippen molar-refractivity contribution in [1.29, 1.82) is 0 Å². The number of nitrogens with zero attached hydrogens (tertiary/aromatic N) is 1. The SMILES string of the molecule is CNC(=O)c1ccc(C)c(-n2c(CC(=O)OC)cc(OCc3ccc(F)cc3F)c(Br)c2=O)c1. The second-order valence-corrected chi connectivity index (χ2v) is 8.11. The van der Waals surface area contributed by atoms with E-state index in [0.29, 0.717) is 16.8 Å². The van der Waals surface area contributed by atoms with E-state index < -0.39 is 23.2 Å². The van der Waals surface area contributed by atoms with Gasteiger partial charge in [-0.2, -0.15) is 0 Å². The zero-order chi connectivity index (χ0) is 25.0. The predicted octanol–water partition coefficient (Wildman–Crippen LogP) is 3.84. The Bertz CT molecular complexity index is 1320. The van der Waals surface area contributed by atoms with Gasteiger partial charge in [-0.15, -0.1) is 0 Å². The Morgan fingerprint density at radius 3 is 2.50 bits per heavy atom. The van der Waals surface area contributed by atoms with E-state index >= 15 is 0 Å². The first-order chi connectivity index (χ1) is 16.2. The van der Waals surface area contributed by atoms with Gasteiger partial charge in [-0.05, 0) is 52.7 Å². The second kappa shape index (κ2) is 10.6. The third-order valence-electron chi connectivity index (χ3n) is 5.08. The summed E-state index contributed by atoms with van der Waals surface area (Å²) >= 11 is 3.23. The predicted molar refractivity (Wildman–Crippen MR) is 124 cm³/mol. The Morgan fingerprint density at radius 1 is 1.12 bits per heavy atom. The summed E-state index contributed by atoms with van der Waals surface area (Å²) in [7, 11) is 2.71. The molecule has 0 spiro atoms. The van der Waals surface area contributed by atoms with Gasteiger partial charge in [0.15, 0.2) is 0 Å². The van der Waals surface area contributed by atoms with Gasteiger partial charge in [0.25, 0.3) is 11.5 Å². The average molecular weight is 535 g/mol. The molecule has 0 aliphatic rings. The van der Waals surface area contributed by atoms with Crippen molar-refractivity contribution in [3.63, 3.8) is 0 Å². The Labute approximate surface area is 202 Å².